The molecule has 1 aromatic carbocycles. The number of rotatable bonds is 8. The average Bonchev–Trinajstić information content (AvgIpc) is 2.68. The number of nitrogens with zero attached hydrogens (tertiary/aromatic N) is 4. The predicted octanol–water partition coefficient (Wildman–Crippen LogP) is 3.72. The normalized spacial score (nSPS) is 10.8. The summed E-state index contributed by atoms with van der Waals surface area (Å²) >= 11 is 1.61. The van der Waals surface area contributed by atoms with Crippen LogP contribution in [0.2, 0.25) is 0 Å². The van der Waals surface area contributed by atoms with Crippen molar-refractivity contribution in [2.24, 2.45) is 0 Å². The third-order valence-electron chi connectivity index (χ3n) is 4.00. The molecule has 0 bridgehead atoms. The largest absolute Gasteiger partial charge is 0.327 e. The molecule has 0 saturated heterocycles. The number of aryl methyl sites for hydroxylation is 1. The van der Waals surface area contributed by atoms with E-state index in [1.54, 1.807) is 24.2 Å². The van der Waals surface area contributed by atoms with E-state index in [4.69, 9.17) is 0 Å². The quantitative estimate of drug-likeness (QED) is 0.449. The topological polar surface area (TPSA) is 60.7 Å². The lowest BCUT2D eigenvalue weighted by Gasteiger charge is -2.13. The highest BCUT2D eigenvalue weighted by Gasteiger charge is 2.10. The number of hydrogen-bond acceptors (Lipinski definition) is 5. The second kappa shape index (κ2) is 9.29. The molecule has 0 atom stereocenters. The summed E-state index contributed by atoms with van der Waals surface area (Å²) in [5, 5.41) is 0.778. The molecule has 0 radical (unpaired) electrons. The van der Waals surface area contributed by atoms with E-state index in [-0.39, 0.29) is 5.56 Å². The van der Waals surface area contributed by atoms with Crippen LogP contribution in [-0.4, -0.2) is 19.5 Å². The molecule has 0 spiro atoms. The van der Waals surface area contributed by atoms with Gasteiger partial charge in [0.1, 0.15) is 6.33 Å². The van der Waals surface area contributed by atoms with Crippen molar-refractivity contribution in [2.45, 2.75) is 43.6 Å². The fourth-order valence-electron chi connectivity index (χ4n) is 2.61. The van der Waals surface area contributed by atoms with Crippen LogP contribution in [0.4, 0.5) is 0 Å². The van der Waals surface area contributed by atoms with Crippen molar-refractivity contribution in [3.05, 3.63) is 82.3 Å². The van der Waals surface area contributed by atoms with E-state index in [9.17, 15) is 4.79 Å². The van der Waals surface area contributed by atoms with Crippen molar-refractivity contribution in [1.82, 2.24) is 19.5 Å². The van der Waals surface area contributed by atoms with Gasteiger partial charge in [-0.2, -0.15) is 4.98 Å². The summed E-state index contributed by atoms with van der Waals surface area (Å²) in [6.45, 7) is 3.02. The SMILES string of the molecule is CCCCn1cc(Cc2cncnc2)c(=O)nc1SCc1ccccc1. The molecule has 26 heavy (non-hydrogen) atoms. The van der Waals surface area contributed by atoms with E-state index in [0.29, 0.717) is 12.0 Å². The second-order valence-corrected chi connectivity index (χ2v) is 7.04. The average molecular weight is 366 g/mol. The van der Waals surface area contributed by atoms with Crippen LogP contribution in [0.3, 0.4) is 0 Å². The van der Waals surface area contributed by atoms with Crippen LogP contribution in [0.25, 0.3) is 0 Å². The molecule has 0 unspecified atom stereocenters. The molecule has 0 fully saturated rings. The smallest absolute Gasteiger partial charge is 0.277 e. The number of thioether (sulfide) groups is 1. The van der Waals surface area contributed by atoms with Gasteiger partial charge in [0.15, 0.2) is 5.16 Å². The molecule has 2 heterocycles. The molecule has 0 amide bonds. The third-order valence-corrected chi connectivity index (χ3v) is 5.06. The zero-order valence-electron chi connectivity index (χ0n) is 14.8. The first-order valence-corrected chi connectivity index (χ1v) is 9.76. The molecular weight excluding hydrogens is 344 g/mol. The van der Waals surface area contributed by atoms with Gasteiger partial charge in [0.2, 0.25) is 0 Å². The van der Waals surface area contributed by atoms with Crippen molar-refractivity contribution in [3.8, 4) is 0 Å². The van der Waals surface area contributed by atoms with Crippen molar-refractivity contribution in [3.63, 3.8) is 0 Å². The second-order valence-electron chi connectivity index (χ2n) is 6.10. The van der Waals surface area contributed by atoms with E-state index < -0.39 is 0 Å². The maximum absolute atomic E-state index is 12.5. The maximum atomic E-state index is 12.5. The highest BCUT2D eigenvalue weighted by Crippen LogP contribution is 2.21. The van der Waals surface area contributed by atoms with Crippen LogP contribution in [0, 0.1) is 0 Å². The molecule has 3 rings (SSSR count). The molecule has 0 saturated carbocycles. The Labute approximate surface area is 157 Å². The lowest BCUT2D eigenvalue weighted by atomic mass is 10.1. The molecular formula is C20H22N4OS. The number of benzene rings is 1. The van der Waals surface area contributed by atoms with Crippen molar-refractivity contribution < 1.29 is 0 Å². The van der Waals surface area contributed by atoms with E-state index in [2.05, 4.69) is 38.6 Å². The molecule has 0 aliphatic heterocycles. The fraction of sp³-hybridized carbons (Fsp3) is 0.300. The Kier molecular flexibility index (Phi) is 6.55. The summed E-state index contributed by atoms with van der Waals surface area (Å²) in [5.74, 6) is 0.797. The minimum absolute atomic E-state index is 0.169. The van der Waals surface area contributed by atoms with Gasteiger partial charge in [0, 0.05) is 42.9 Å². The molecule has 6 heteroatoms. The first kappa shape index (κ1) is 18.3. The summed E-state index contributed by atoms with van der Waals surface area (Å²) in [7, 11) is 0. The summed E-state index contributed by atoms with van der Waals surface area (Å²) in [4.78, 5) is 24.9. The van der Waals surface area contributed by atoms with E-state index in [1.165, 1.54) is 11.9 Å². The van der Waals surface area contributed by atoms with Crippen LogP contribution in [0.1, 0.15) is 36.5 Å². The highest BCUT2D eigenvalue weighted by molar-refractivity contribution is 7.98. The maximum Gasteiger partial charge on any atom is 0.277 e. The molecule has 0 aliphatic carbocycles. The Morgan fingerprint density at radius 1 is 1.08 bits per heavy atom. The molecule has 0 N–H and O–H groups in total. The Bertz CT molecular complexity index is 881. The number of unbranched alkanes of at least 4 members (excludes halogenated alkanes) is 1. The van der Waals surface area contributed by atoms with Crippen LogP contribution in [-0.2, 0) is 18.7 Å². The monoisotopic (exact) mass is 366 g/mol. The minimum atomic E-state index is -0.169. The lowest BCUT2D eigenvalue weighted by molar-refractivity contribution is 0.559. The van der Waals surface area contributed by atoms with Crippen molar-refractivity contribution in [2.75, 3.05) is 0 Å². The zero-order valence-corrected chi connectivity index (χ0v) is 15.7. The van der Waals surface area contributed by atoms with Gasteiger partial charge in [-0.15, -0.1) is 0 Å². The lowest BCUT2D eigenvalue weighted by Crippen LogP contribution is -2.20. The van der Waals surface area contributed by atoms with Gasteiger partial charge in [-0.1, -0.05) is 55.4 Å². The highest BCUT2D eigenvalue weighted by atomic mass is 32.2. The van der Waals surface area contributed by atoms with Gasteiger partial charge in [-0.3, -0.25) is 4.79 Å². The number of aromatic nitrogens is 4. The van der Waals surface area contributed by atoms with Gasteiger partial charge in [0.05, 0.1) is 0 Å². The van der Waals surface area contributed by atoms with Crippen LogP contribution < -0.4 is 5.56 Å². The van der Waals surface area contributed by atoms with Crippen molar-refractivity contribution in [1.29, 1.82) is 0 Å². The van der Waals surface area contributed by atoms with Gasteiger partial charge >= 0.3 is 0 Å². The van der Waals surface area contributed by atoms with E-state index in [0.717, 1.165) is 35.9 Å². The molecule has 5 nitrogen and oxygen atoms in total. The molecule has 134 valence electrons. The Balaban J connectivity index is 1.83. The summed E-state index contributed by atoms with van der Waals surface area (Å²) < 4.78 is 2.11. The van der Waals surface area contributed by atoms with Crippen LogP contribution in [0.5, 0.6) is 0 Å². The Morgan fingerprint density at radius 2 is 1.85 bits per heavy atom. The van der Waals surface area contributed by atoms with Gasteiger partial charge < -0.3 is 4.57 Å². The van der Waals surface area contributed by atoms with E-state index >= 15 is 0 Å². The third kappa shape index (κ3) is 5.02. The number of hydrogen-bond donors (Lipinski definition) is 0. The molecule has 3 aromatic rings. The van der Waals surface area contributed by atoms with Gasteiger partial charge in [-0.05, 0) is 17.5 Å². The van der Waals surface area contributed by atoms with Crippen LogP contribution in [0.15, 0.2) is 65.2 Å². The van der Waals surface area contributed by atoms with Crippen molar-refractivity contribution >= 4 is 11.8 Å². The standard InChI is InChI=1S/C20H22N4OS/c1-2-3-9-24-13-18(10-17-11-21-15-22-12-17)19(25)23-20(24)26-14-16-7-5-4-6-8-16/h4-8,11-13,15H,2-3,9-10,14H2,1H3. The summed E-state index contributed by atoms with van der Waals surface area (Å²) in [5.41, 5.74) is 2.65. The summed E-state index contributed by atoms with van der Waals surface area (Å²) in [6.07, 6.45) is 9.56. The summed E-state index contributed by atoms with van der Waals surface area (Å²) in [6, 6.07) is 10.2. The molecule has 0 aliphatic rings. The fourth-order valence-corrected chi connectivity index (χ4v) is 3.56. The molecule has 2 aromatic heterocycles. The zero-order chi connectivity index (χ0) is 18.2. The first-order chi connectivity index (χ1) is 12.8. The predicted molar refractivity (Wildman–Crippen MR) is 104 cm³/mol. The minimum Gasteiger partial charge on any atom is -0.327 e. The van der Waals surface area contributed by atoms with Crippen LogP contribution >= 0.6 is 11.8 Å². The Morgan fingerprint density at radius 3 is 2.58 bits per heavy atom. The van der Waals surface area contributed by atoms with Gasteiger partial charge in [-0.25, -0.2) is 9.97 Å². The first-order valence-electron chi connectivity index (χ1n) is 8.77. The van der Waals surface area contributed by atoms with E-state index in [1.807, 2.05) is 24.4 Å². The Hall–Kier alpha value is -2.47. The van der Waals surface area contributed by atoms with Gasteiger partial charge in [0.25, 0.3) is 5.56 Å².